The van der Waals surface area contributed by atoms with Crippen molar-refractivity contribution in [2.75, 3.05) is 31.2 Å². The van der Waals surface area contributed by atoms with Crippen molar-refractivity contribution in [1.29, 1.82) is 0 Å². The summed E-state index contributed by atoms with van der Waals surface area (Å²) >= 11 is 1.60. The van der Waals surface area contributed by atoms with E-state index in [1.54, 1.807) is 23.5 Å². The van der Waals surface area contributed by atoms with Crippen LogP contribution in [0, 0.1) is 5.82 Å². The lowest BCUT2D eigenvalue weighted by Gasteiger charge is -2.34. The van der Waals surface area contributed by atoms with Gasteiger partial charge in [-0.1, -0.05) is 23.5 Å². The van der Waals surface area contributed by atoms with E-state index < -0.39 is 0 Å². The molecule has 4 rings (SSSR count). The molecule has 0 saturated carbocycles. The van der Waals surface area contributed by atoms with Crippen LogP contribution in [-0.2, 0) is 15.9 Å². The van der Waals surface area contributed by atoms with E-state index in [0.717, 1.165) is 48.2 Å². The number of rotatable bonds is 4. The highest BCUT2D eigenvalue weighted by molar-refractivity contribution is 7.15. The normalized spacial score (nSPS) is 24.5. The maximum absolute atomic E-state index is 13.0. The molecule has 3 heterocycles. The van der Waals surface area contributed by atoms with Crippen molar-refractivity contribution >= 4 is 16.5 Å². The number of hydrogen-bond donors (Lipinski definition) is 0. The minimum atomic E-state index is -0.217. The maximum Gasteiger partial charge on any atom is 0.208 e. The Kier molecular flexibility index (Phi) is 4.73. The number of anilines is 1. The van der Waals surface area contributed by atoms with E-state index in [1.165, 1.54) is 12.1 Å². The summed E-state index contributed by atoms with van der Waals surface area (Å²) in [7, 11) is 0. The molecule has 0 aliphatic carbocycles. The van der Waals surface area contributed by atoms with Crippen molar-refractivity contribution in [2.45, 2.75) is 31.5 Å². The van der Waals surface area contributed by atoms with Crippen LogP contribution in [0.1, 0.15) is 23.4 Å². The van der Waals surface area contributed by atoms with Gasteiger partial charge in [0.2, 0.25) is 5.13 Å². The largest absolute Gasteiger partial charge is 0.375 e. The summed E-state index contributed by atoms with van der Waals surface area (Å²) in [6, 6.07) is 6.54. The van der Waals surface area contributed by atoms with Crippen molar-refractivity contribution in [3.63, 3.8) is 0 Å². The predicted molar refractivity (Wildman–Crippen MR) is 90.0 cm³/mol. The second-order valence-electron chi connectivity index (χ2n) is 6.19. The lowest BCUT2D eigenvalue weighted by atomic mass is 10.1. The van der Waals surface area contributed by atoms with Gasteiger partial charge in [0, 0.05) is 26.1 Å². The third-order valence-electron chi connectivity index (χ3n) is 4.47. The first-order valence-electron chi connectivity index (χ1n) is 8.33. The summed E-state index contributed by atoms with van der Waals surface area (Å²) in [4.78, 5) is 2.24. The van der Waals surface area contributed by atoms with Gasteiger partial charge in [-0.3, -0.25) is 0 Å². The smallest absolute Gasteiger partial charge is 0.208 e. The number of aromatic nitrogens is 2. The Morgan fingerprint density at radius 1 is 1.12 bits per heavy atom. The SMILES string of the molecule is Fc1ccc(Cc2nnc(N3CCOC(C4CCCO4)C3)s2)cc1. The summed E-state index contributed by atoms with van der Waals surface area (Å²) in [5.74, 6) is -0.217. The summed E-state index contributed by atoms with van der Waals surface area (Å²) in [6.45, 7) is 3.16. The molecule has 0 spiro atoms. The topological polar surface area (TPSA) is 47.5 Å². The molecule has 2 fully saturated rings. The Morgan fingerprint density at radius 2 is 1.96 bits per heavy atom. The van der Waals surface area contributed by atoms with Crippen LogP contribution in [0.3, 0.4) is 0 Å². The van der Waals surface area contributed by atoms with Gasteiger partial charge in [-0.15, -0.1) is 10.2 Å². The minimum Gasteiger partial charge on any atom is -0.375 e. The minimum absolute atomic E-state index is 0.116. The monoisotopic (exact) mass is 349 g/mol. The zero-order chi connectivity index (χ0) is 16.4. The molecule has 0 radical (unpaired) electrons. The highest BCUT2D eigenvalue weighted by Gasteiger charge is 2.32. The summed E-state index contributed by atoms with van der Waals surface area (Å²) in [5, 5.41) is 10.5. The van der Waals surface area contributed by atoms with Gasteiger partial charge in [0.25, 0.3) is 0 Å². The van der Waals surface area contributed by atoms with Crippen molar-refractivity contribution in [2.24, 2.45) is 0 Å². The summed E-state index contributed by atoms with van der Waals surface area (Å²) < 4.78 is 24.6. The molecular formula is C17H20FN3O2S. The lowest BCUT2D eigenvalue weighted by Crippen LogP contribution is -2.47. The zero-order valence-corrected chi connectivity index (χ0v) is 14.2. The van der Waals surface area contributed by atoms with E-state index in [1.807, 2.05) is 0 Å². The molecule has 0 amide bonds. The number of benzene rings is 1. The lowest BCUT2D eigenvalue weighted by molar-refractivity contribution is -0.0543. The van der Waals surface area contributed by atoms with Crippen LogP contribution in [0.5, 0.6) is 0 Å². The molecule has 5 nitrogen and oxygen atoms in total. The van der Waals surface area contributed by atoms with Gasteiger partial charge < -0.3 is 14.4 Å². The fraction of sp³-hybridized carbons (Fsp3) is 0.529. The van der Waals surface area contributed by atoms with Crippen LogP contribution in [0.25, 0.3) is 0 Å². The maximum atomic E-state index is 13.0. The van der Waals surface area contributed by atoms with Crippen LogP contribution in [0.4, 0.5) is 9.52 Å². The molecule has 2 unspecified atom stereocenters. The van der Waals surface area contributed by atoms with Gasteiger partial charge >= 0.3 is 0 Å². The van der Waals surface area contributed by atoms with Crippen LogP contribution in [0.15, 0.2) is 24.3 Å². The Morgan fingerprint density at radius 3 is 2.75 bits per heavy atom. The van der Waals surface area contributed by atoms with E-state index >= 15 is 0 Å². The first-order valence-corrected chi connectivity index (χ1v) is 9.14. The Bertz CT molecular complexity index is 673. The molecule has 2 aliphatic rings. The highest BCUT2D eigenvalue weighted by atomic mass is 32.1. The van der Waals surface area contributed by atoms with Gasteiger partial charge in [0.15, 0.2) is 0 Å². The number of halogens is 1. The van der Waals surface area contributed by atoms with Crippen LogP contribution < -0.4 is 4.90 Å². The van der Waals surface area contributed by atoms with E-state index in [2.05, 4.69) is 15.1 Å². The van der Waals surface area contributed by atoms with Crippen LogP contribution >= 0.6 is 11.3 Å². The number of nitrogens with zero attached hydrogens (tertiary/aromatic N) is 3. The molecule has 24 heavy (non-hydrogen) atoms. The molecule has 128 valence electrons. The average molecular weight is 349 g/mol. The first-order chi connectivity index (χ1) is 11.8. The van der Waals surface area contributed by atoms with Crippen molar-refractivity contribution in [1.82, 2.24) is 10.2 Å². The number of hydrogen-bond acceptors (Lipinski definition) is 6. The summed E-state index contributed by atoms with van der Waals surface area (Å²) in [5.41, 5.74) is 1.04. The standard InChI is InChI=1S/C17H20FN3O2S/c18-13-5-3-12(4-6-13)10-16-19-20-17(24-16)21-7-9-23-15(11-21)14-2-1-8-22-14/h3-6,14-15H,1-2,7-11H2. The van der Waals surface area contributed by atoms with E-state index in [0.29, 0.717) is 13.0 Å². The second-order valence-corrected chi connectivity index (χ2v) is 7.23. The number of morpholine rings is 1. The molecule has 2 atom stereocenters. The van der Waals surface area contributed by atoms with Crippen molar-refractivity contribution < 1.29 is 13.9 Å². The summed E-state index contributed by atoms with van der Waals surface area (Å²) in [6.07, 6.45) is 3.19. The molecule has 2 aliphatic heterocycles. The molecule has 0 bridgehead atoms. The third kappa shape index (κ3) is 3.58. The second kappa shape index (κ2) is 7.13. The number of ether oxygens (including phenoxy) is 2. The van der Waals surface area contributed by atoms with Crippen molar-refractivity contribution in [3.05, 3.63) is 40.7 Å². The fourth-order valence-corrected chi connectivity index (χ4v) is 4.10. The Hall–Kier alpha value is -1.57. The van der Waals surface area contributed by atoms with Gasteiger partial charge in [0.05, 0.1) is 12.7 Å². The Labute approximate surface area is 144 Å². The van der Waals surface area contributed by atoms with Gasteiger partial charge in [-0.2, -0.15) is 0 Å². The molecule has 2 aromatic rings. The highest BCUT2D eigenvalue weighted by Crippen LogP contribution is 2.27. The molecule has 1 aromatic carbocycles. The van der Waals surface area contributed by atoms with Crippen LogP contribution in [0.2, 0.25) is 0 Å². The van der Waals surface area contributed by atoms with Gasteiger partial charge in [-0.25, -0.2) is 4.39 Å². The van der Waals surface area contributed by atoms with Crippen molar-refractivity contribution in [3.8, 4) is 0 Å². The molecule has 0 N–H and O–H groups in total. The fourth-order valence-electron chi connectivity index (χ4n) is 3.19. The molecule has 1 aromatic heterocycles. The average Bonchev–Trinajstić information content (AvgIpc) is 3.29. The van der Waals surface area contributed by atoms with E-state index in [4.69, 9.17) is 9.47 Å². The molecule has 2 saturated heterocycles. The Balaban J connectivity index is 1.41. The molecule has 7 heteroatoms. The third-order valence-corrected chi connectivity index (χ3v) is 5.45. The quantitative estimate of drug-likeness (QED) is 0.849. The first kappa shape index (κ1) is 15.9. The van der Waals surface area contributed by atoms with Crippen LogP contribution in [-0.4, -0.2) is 48.7 Å². The van der Waals surface area contributed by atoms with E-state index in [-0.39, 0.29) is 18.0 Å². The van der Waals surface area contributed by atoms with E-state index in [9.17, 15) is 4.39 Å². The zero-order valence-electron chi connectivity index (χ0n) is 13.4. The predicted octanol–water partition coefficient (Wildman–Crippen LogP) is 2.65. The van der Waals surface area contributed by atoms with Gasteiger partial charge in [0.1, 0.15) is 16.9 Å². The van der Waals surface area contributed by atoms with Gasteiger partial charge in [-0.05, 0) is 30.5 Å². The molecular weight excluding hydrogens is 329 g/mol.